The fraction of sp³-hybridized carbons (Fsp3) is 0.481. The summed E-state index contributed by atoms with van der Waals surface area (Å²) in [5.74, 6) is -4.60. The molecule has 1 atom stereocenters. The van der Waals surface area contributed by atoms with Crippen molar-refractivity contribution in [3.05, 3.63) is 53.5 Å². The number of aliphatic carboxylic acids is 2. The molecule has 1 aromatic carbocycles. The Labute approximate surface area is 242 Å². The van der Waals surface area contributed by atoms with Gasteiger partial charge in [-0.1, -0.05) is 18.2 Å². The van der Waals surface area contributed by atoms with Gasteiger partial charge in [-0.15, -0.1) is 0 Å². The van der Waals surface area contributed by atoms with Gasteiger partial charge in [0.1, 0.15) is 0 Å². The molecule has 236 valence electrons. The highest BCUT2D eigenvalue weighted by molar-refractivity contribution is 5.83. The van der Waals surface area contributed by atoms with Crippen LogP contribution in [0.25, 0.3) is 10.9 Å². The van der Waals surface area contributed by atoms with E-state index in [1.807, 2.05) is 0 Å². The van der Waals surface area contributed by atoms with Crippen LogP contribution in [0.15, 0.2) is 36.7 Å². The molecule has 0 bridgehead atoms. The molecule has 3 aromatic rings. The first kappa shape index (κ1) is 33.6. The number of hydrogen-bond donors (Lipinski definition) is 3. The minimum atomic E-state index is -5.08. The molecule has 2 aliphatic rings. The molecule has 0 spiro atoms. The molecule has 0 amide bonds. The molecule has 1 aliphatic heterocycles. The summed E-state index contributed by atoms with van der Waals surface area (Å²) in [4.78, 5) is 32.1. The van der Waals surface area contributed by atoms with E-state index in [1.165, 1.54) is 27.7 Å². The summed E-state index contributed by atoms with van der Waals surface area (Å²) >= 11 is 0. The largest absolute Gasteiger partial charge is 0.490 e. The number of hydrogen-bond acceptors (Lipinski definition) is 7. The molecule has 1 saturated heterocycles. The number of alkyl halides is 6. The van der Waals surface area contributed by atoms with Gasteiger partial charge in [0.05, 0.1) is 0 Å². The Morgan fingerprint density at radius 3 is 2.14 bits per heavy atom. The third-order valence-corrected chi connectivity index (χ3v) is 6.97. The van der Waals surface area contributed by atoms with Crippen LogP contribution in [0.2, 0.25) is 0 Å². The third-order valence-electron chi connectivity index (χ3n) is 6.97. The Morgan fingerprint density at radius 2 is 1.56 bits per heavy atom. The maximum Gasteiger partial charge on any atom is 0.490 e. The number of fused-ring (bicyclic) bond motifs is 2. The molecule has 0 saturated carbocycles. The van der Waals surface area contributed by atoms with E-state index in [0.29, 0.717) is 6.04 Å². The summed E-state index contributed by atoms with van der Waals surface area (Å²) in [5.41, 5.74) is 5.22. The number of nitrogens with one attached hydrogen (secondary N) is 1. The lowest BCUT2D eigenvalue weighted by Crippen LogP contribution is -2.45. The molecule has 1 aliphatic carbocycles. The number of likely N-dealkylation sites (N-methyl/N-ethyl adjacent to an activating group) is 1. The van der Waals surface area contributed by atoms with E-state index in [1.54, 1.807) is 0 Å². The van der Waals surface area contributed by atoms with Crippen LogP contribution in [-0.4, -0.2) is 93.2 Å². The first-order chi connectivity index (χ1) is 20.1. The zero-order valence-corrected chi connectivity index (χ0v) is 23.4. The van der Waals surface area contributed by atoms with Gasteiger partial charge in [0.2, 0.25) is 5.95 Å². The molecule has 1 fully saturated rings. The molecule has 1 unspecified atom stereocenters. The first-order valence-corrected chi connectivity index (χ1v) is 13.2. The Kier molecular flexibility index (Phi) is 11.0. The summed E-state index contributed by atoms with van der Waals surface area (Å²) in [6, 6.07) is 9.12. The van der Waals surface area contributed by atoms with Crippen LogP contribution >= 0.6 is 0 Å². The maximum absolute atomic E-state index is 10.6. The van der Waals surface area contributed by atoms with Gasteiger partial charge in [-0.25, -0.2) is 19.6 Å². The van der Waals surface area contributed by atoms with E-state index >= 15 is 0 Å². The molecule has 2 aromatic heterocycles. The fourth-order valence-electron chi connectivity index (χ4n) is 4.65. The SMILES string of the molecule is CN1CCN(c2ncc3c(n2)CCC(NCc2cn(C)c4ccccc24)C3)CC1.O=C(O)C(F)(F)F.O=C(O)C(F)(F)F. The summed E-state index contributed by atoms with van der Waals surface area (Å²) in [5, 5.41) is 19.4. The number of aromatic nitrogens is 3. The van der Waals surface area contributed by atoms with Crippen LogP contribution in [0.4, 0.5) is 32.3 Å². The predicted molar refractivity (Wildman–Crippen MR) is 145 cm³/mol. The average molecular weight is 619 g/mol. The minimum Gasteiger partial charge on any atom is -0.475 e. The normalized spacial score (nSPS) is 17.3. The lowest BCUT2D eigenvalue weighted by Gasteiger charge is -2.33. The number of carboxylic acids is 2. The molecule has 5 rings (SSSR count). The van der Waals surface area contributed by atoms with Crippen molar-refractivity contribution in [2.75, 3.05) is 38.1 Å². The van der Waals surface area contributed by atoms with E-state index in [9.17, 15) is 26.3 Å². The van der Waals surface area contributed by atoms with Crippen molar-refractivity contribution < 1.29 is 46.1 Å². The van der Waals surface area contributed by atoms with Crippen LogP contribution in [0.1, 0.15) is 23.2 Å². The minimum absolute atomic E-state index is 0.486. The quantitative estimate of drug-likeness (QED) is 0.376. The zero-order valence-electron chi connectivity index (χ0n) is 23.4. The van der Waals surface area contributed by atoms with E-state index in [0.717, 1.165) is 57.9 Å². The zero-order chi connectivity index (χ0) is 31.9. The van der Waals surface area contributed by atoms with Crippen molar-refractivity contribution in [2.24, 2.45) is 7.05 Å². The number of aryl methyl sites for hydroxylation is 2. The van der Waals surface area contributed by atoms with Crippen LogP contribution < -0.4 is 10.2 Å². The van der Waals surface area contributed by atoms with Crippen molar-refractivity contribution in [1.29, 1.82) is 0 Å². The third kappa shape index (κ3) is 9.54. The smallest absolute Gasteiger partial charge is 0.475 e. The van der Waals surface area contributed by atoms with Crippen LogP contribution in [0, 0.1) is 0 Å². The van der Waals surface area contributed by atoms with Gasteiger partial charge in [-0.3, -0.25) is 0 Å². The van der Waals surface area contributed by atoms with Crippen molar-refractivity contribution in [1.82, 2.24) is 24.8 Å². The van der Waals surface area contributed by atoms with Gasteiger partial charge >= 0.3 is 24.3 Å². The highest BCUT2D eigenvalue weighted by Crippen LogP contribution is 2.24. The van der Waals surface area contributed by atoms with Crippen molar-refractivity contribution in [3.8, 4) is 0 Å². The summed E-state index contributed by atoms with van der Waals surface area (Å²) < 4.78 is 65.7. The average Bonchev–Trinajstić information content (AvgIpc) is 3.27. The van der Waals surface area contributed by atoms with E-state index < -0.39 is 24.3 Å². The Hall–Kier alpha value is -3.92. The summed E-state index contributed by atoms with van der Waals surface area (Å²) in [7, 11) is 4.30. The van der Waals surface area contributed by atoms with Gasteiger partial charge in [0, 0.05) is 74.8 Å². The molecule has 43 heavy (non-hydrogen) atoms. The second-order valence-electron chi connectivity index (χ2n) is 10.1. The number of rotatable bonds is 4. The van der Waals surface area contributed by atoms with E-state index in [2.05, 4.69) is 70.4 Å². The van der Waals surface area contributed by atoms with Crippen LogP contribution in [0.3, 0.4) is 0 Å². The number of para-hydroxylation sites is 1. The Balaban J connectivity index is 0.000000303. The van der Waals surface area contributed by atoms with Gasteiger partial charge in [-0.2, -0.15) is 26.3 Å². The number of halogens is 6. The topological polar surface area (TPSA) is 124 Å². The lowest BCUT2D eigenvalue weighted by atomic mass is 9.92. The highest BCUT2D eigenvalue weighted by Gasteiger charge is 2.38. The Morgan fingerprint density at radius 1 is 0.977 bits per heavy atom. The van der Waals surface area contributed by atoms with E-state index in [4.69, 9.17) is 29.8 Å². The molecule has 0 radical (unpaired) electrons. The standard InChI is InChI=1S/C23H30N6.2C2HF3O2/c1-27-9-11-29(12-10-27)23-25-14-17-13-19(7-8-21(17)26-23)24-15-18-16-28(2)22-6-4-3-5-20(18)22;2*3-2(4,5)1(6)7/h3-6,14,16,19,24H,7-13,15H2,1-2H3;2*(H,6,7). The molecule has 10 nitrogen and oxygen atoms in total. The number of benzene rings is 1. The number of carboxylic acid groups (broad SMARTS) is 2. The molecular weight excluding hydrogens is 586 g/mol. The predicted octanol–water partition coefficient (Wildman–Crippen LogP) is 3.63. The summed E-state index contributed by atoms with van der Waals surface area (Å²) in [6.07, 6.45) is -2.66. The Bertz CT molecular complexity index is 1380. The van der Waals surface area contributed by atoms with Gasteiger partial charge in [0.15, 0.2) is 0 Å². The second-order valence-corrected chi connectivity index (χ2v) is 10.1. The van der Waals surface area contributed by atoms with E-state index in [-0.39, 0.29) is 0 Å². The summed E-state index contributed by atoms with van der Waals surface area (Å²) in [6.45, 7) is 5.11. The first-order valence-electron chi connectivity index (χ1n) is 13.2. The highest BCUT2D eigenvalue weighted by atomic mass is 19.4. The second kappa shape index (κ2) is 14.0. The van der Waals surface area contributed by atoms with Crippen LogP contribution in [-0.2, 0) is 36.0 Å². The molecule has 3 heterocycles. The number of piperazine rings is 1. The van der Waals surface area contributed by atoms with Crippen molar-refractivity contribution in [3.63, 3.8) is 0 Å². The molecule has 16 heteroatoms. The van der Waals surface area contributed by atoms with Crippen LogP contribution in [0.5, 0.6) is 0 Å². The number of nitrogens with zero attached hydrogens (tertiary/aromatic N) is 5. The maximum atomic E-state index is 10.6. The van der Waals surface area contributed by atoms with Gasteiger partial charge in [-0.05, 0) is 43.5 Å². The van der Waals surface area contributed by atoms with Crippen molar-refractivity contribution >= 4 is 28.8 Å². The lowest BCUT2D eigenvalue weighted by molar-refractivity contribution is -0.193. The van der Waals surface area contributed by atoms with Gasteiger partial charge in [0.25, 0.3) is 0 Å². The number of carbonyl (C=O) groups is 2. The van der Waals surface area contributed by atoms with Gasteiger partial charge < -0.3 is 29.9 Å². The monoisotopic (exact) mass is 618 g/mol. The molecule has 3 N–H and O–H groups in total. The molecular formula is C27H32F6N6O4. The fourth-order valence-corrected chi connectivity index (χ4v) is 4.65. The van der Waals surface area contributed by atoms with Crippen molar-refractivity contribution in [2.45, 2.75) is 44.2 Å². The number of anilines is 1.